The number of unbranched alkanes of at least 4 members (excludes halogenated alkanes) is 7. The van der Waals surface area contributed by atoms with Crippen molar-refractivity contribution in [1.82, 2.24) is 0 Å². The van der Waals surface area contributed by atoms with Gasteiger partial charge in [-0.05, 0) is 36.2 Å². The molecule has 0 amide bonds. The van der Waals surface area contributed by atoms with Crippen LogP contribution in [0.2, 0.25) is 6.32 Å². The predicted molar refractivity (Wildman–Crippen MR) is 119 cm³/mol. The fourth-order valence-electron chi connectivity index (χ4n) is 3.26. The third-order valence-corrected chi connectivity index (χ3v) is 8.29. The van der Waals surface area contributed by atoms with Gasteiger partial charge in [-0.25, -0.2) is 0 Å². The summed E-state index contributed by atoms with van der Waals surface area (Å²) < 4.78 is 5.81. The molecule has 0 aromatic carbocycles. The average molecular weight is 384 g/mol. The van der Waals surface area contributed by atoms with Crippen molar-refractivity contribution in [2.45, 2.75) is 71.0 Å². The fraction of sp³-hybridized carbons (Fsp3) is 0.524. The van der Waals surface area contributed by atoms with Crippen molar-refractivity contribution in [2.24, 2.45) is 0 Å². The van der Waals surface area contributed by atoms with Crippen molar-refractivity contribution >= 4 is 60.7 Å². The van der Waals surface area contributed by atoms with Crippen LogP contribution in [0.1, 0.15) is 68.7 Å². The summed E-state index contributed by atoms with van der Waals surface area (Å²) in [7, 11) is 5.60. The minimum atomic E-state index is 0.442. The highest BCUT2D eigenvalue weighted by atomic mass is 32.1. The van der Waals surface area contributed by atoms with Gasteiger partial charge in [0.25, 0.3) is 0 Å². The summed E-state index contributed by atoms with van der Waals surface area (Å²) in [6, 6.07) is 2.25. The second kappa shape index (κ2) is 9.81. The predicted octanol–water partition coefficient (Wildman–Crippen LogP) is 7.80. The molecular formula is C21H25BS3. The number of fused-ring (bicyclic) bond motifs is 3. The van der Waals surface area contributed by atoms with Gasteiger partial charge in [0.05, 0.1) is 26.8 Å². The molecule has 3 aromatic rings. The molecule has 0 unspecified atom stereocenters. The van der Waals surface area contributed by atoms with Gasteiger partial charge in [0.15, 0.2) is 0 Å². The van der Waals surface area contributed by atoms with Crippen molar-refractivity contribution in [3.05, 3.63) is 21.9 Å². The number of thiophene rings is 3. The lowest BCUT2D eigenvalue weighted by atomic mass is 10.0. The van der Waals surface area contributed by atoms with E-state index in [1.165, 1.54) is 80.6 Å². The molecular weight excluding hydrogens is 359 g/mol. The van der Waals surface area contributed by atoms with E-state index in [1.807, 2.05) is 34.0 Å². The van der Waals surface area contributed by atoms with E-state index in [2.05, 4.69) is 30.2 Å². The first kappa shape index (κ1) is 19.0. The van der Waals surface area contributed by atoms with Crippen LogP contribution in [0.5, 0.6) is 0 Å². The molecule has 0 saturated carbocycles. The van der Waals surface area contributed by atoms with Crippen LogP contribution in [0.3, 0.4) is 0 Å². The fourth-order valence-corrected chi connectivity index (χ4v) is 7.20. The topological polar surface area (TPSA) is 0 Å². The lowest BCUT2D eigenvalue weighted by Crippen LogP contribution is -1.87. The van der Waals surface area contributed by atoms with Gasteiger partial charge in [-0.1, -0.05) is 57.8 Å². The van der Waals surface area contributed by atoms with Crippen LogP contribution in [0, 0.1) is 11.8 Å². The molecule has 4 heteroatoms. The van der Waals surface area contributed by atoms with Crippen molar-refractivity contribution in [3.8, 4) is 11.8 Å². The van der Waals surface area contributed by atoms with Crippen molar-refractivity contribution in [1.29, 1.82) is 0 Å². The second-order valence-electron chi connectivity index (χ2n) is 6.51. The molecule has 3 aromatic heterocycles. The maximum atomic E-state index is 5.60. The number of rotatable bonds is 9. The summed E-state index contributed by atoms with van der Waals surface area (Å²) in [5.41, 5.74) is 1.49. The maximum Gasteiger partial charge on any atom is 0.0828 e. The van der Waals surface area contributed by atoms with E-state index in [-0.39, 0.29) is 0 Å². The third kappa shape index (κ3) is 4.70. The molecule has 3 heterocycles. The Morgan fingerprint density at radius 3 is 2.44 bits per heavy atom. The molecule has 130 valence electrons. The summed E-state index contributed by atoms with van der Waals surface area (Å²) in [4.78, 5) is 1.25. The highest BCUT2D eigenvalue weighted by molar-refractivity contribution is 7.38. The lowest BCUT2D eigenvalue weighted by molar-refractivity contribution is 0.576. The summed E-state index contributed by atoms with van der Waals surface area (Å²) in [6.45, 7) is 2.28. The zero-order chi connectivity index (χ0) is 17.5. The highest BCUT2D eigenvalue weighted by Gasteiger charge is 2.16. The first-order valence-electron chi connectivity index (χ1n) is 9.45. The molecule has 3 rings (SSSR count). The molecule has 0 N–H and O–H groups in total. The Labute approximate surface area is 165 Å². The summed E-state index contributed by atoms with van der Waals surface area (Å²) in [6.07, 6.45) is 12.5. The zero-order valence-electron chi connectivity index (χ0n) is 15.0. The van der Waals surface area contributed by atoms with E-state index >= 15 is 0 Å². The SMILES string of the molecule is [B]CC#Cc1sc2c(sc3ccsc32)c1CCCCCCCCCC. The van der Waals surface area contributed by atoms with Gasteiger partial charge < -0.3 is 0 Å². The van der Waals surface area contributed by atoms with Gasteiger partial charge in [0.1, 0.15) is 0 Å². The summed E-state index contributed by atoms with van der Waals surface area (Å²) >= 11 is 5.68. The minimum Gasteiger partial charge on any atom is -0.141 e. The molecule has 0 fully saturated rings. The molecule has 2 radical (unpaired) electrons. The van der Waals surface area contributed by atoms with E-state index in [0.29, 0.717) is 6.32 Å². The molecule has 0 aliphatic heterocycles. The van der Waals surface area contributed by atoms with Crippen molar-refractivity contribution < 1.29 is 0 Å². The van der Waals surface area contributed by atoms with Gasteiger partial charge >= 0.3 is 0 Å². The number of aryl methyl sites for hydroxylation is 1. The van der Waals surface area contributed by atoms with Gasteiger partial charge in [0, 0.05) is 4.70 Å². The van der Waals surface area contributed by atoms with E-state index < -0.39 is 0 Å². The first-order valence-corrected chi connectivity index (χ1v) is 12.0. The summed E-state index contributed by atoms with van der Waals surface area (Å²) in [5, 5.41) is 2.20. The van der Waals surface area contributed by atoms with Crippen LogP contribution in [0.15, 0.2) is 11.4 Å². The minimum absolute atomic E-state index is 0.442. The van der Waals surface area contributed by atoms with E-state index in [1.54, 1.807) is 0 Å². The van der Waals surface area contributed by atoms with Gasteiger partial charge in [-0.2, -0.15) is 0 Å². The molecule has 0 aliphatic rings. The van der Waals surface area contributed by atoms with Crippen LogP contribution in [0.4, 0.5) is 0 Å². The van der Waals surface area contributed by atoms with Crippen molar-refractivity contribution in [3.63, 3.8) is 0 Å². The van der Waals surface area contributed by atoms with Crippen LogP contribution in [0.25, 0.3) is 18.8 Å². The van der Waals surface area contributed by atoms with Crippen LogP contribution in [-0.2, 0) is 6.42 Å². The largest absolute Gasteiger partial charge is 0.141 e. The number of hydrogen-bond donors (Lipinski definition) is 0. The average Bonchev–Trinajstić information content (AvgIpc) is 3.27. The zero-order valence-corrected chi connectivity index (χ0v) is 17.5. The first-order chi connectivity index (χ1) is 12.3. The Morgan fingerprint density at radius 1 is 0.920 bits per heavy atom. The monoisotopic (exact) mass is 384 g/mol. The number of hydrogen-bond acceptors (Lipinski definition) is 3. The Morgan fingerprint density at radius 2 is 1.68 bits per heavy atom. The molecule has 0 nitrogen and oxygen atoms in total. The molecule has 0 atom stereocenters. The smallest absolute Gasteiger partial charge is 0.0828 e. The highest BCUT2D eigenvalue weighted by Crippen LogP contribution is 2.45. The molecule has 0 bridgehead atoms. The van der Waals surface area contributed by atoms with Crippen LogP contribution in [-0.4, -0.2) is 7.85 Å². The molecule has 25 heavy (non-hydrogen) atoms. The summed E-state index contributed by atoms with van der Waals surface area (Å²) in [5.74, 6) is 6.40. The quantitative estimate of drug-likeness (QED) is 0.201. The van der Waals surface area contributed by atoms with Gasteiger partial charge in [-0.15, -0.1) is 39.9 Å². The standard InChI is InChI=1S/C21H25BS3/c1-2-3-4-5-6-7-8-9-11-16-17(12-10-14-22)24-21-19(16)25-18-13-15-23-20(18)21/h13,15H,2-9,11,14H2,1H3. The normalized spacial score (nSPS) is 11.2. The Balaban J connectivity index is 1.64. The molecule has 0 saturated heterocycles. The van der Waals surface area contributed by atoms with Gasteiger partial charge in [0.2, 0.25) is 0 Å². The Bertz CT molecular complexity index is 856. The Hall–Kier alpha value is -0.755. The lowest BCUT2D eigenvalue weighted by Gasteiger charge is -2.02. The third-order valence-electron chi connectivity index (χ3n) is 4.59. The Kier molecular flexibility index (Phi) is 7.46. The van der Waals surface area contributed by atoms with Crippen LogP contribution >= 0.6 is 34.0 Å². The molecule has 0 spiro atoms. The van der Waals surface area contributed by atoms with E-state index in [4.69, 9.17) is 7.85 Å². The van der Waals surface area contributed by atoms with E-state index in [0.717, 1.165) is 6.42 Å². The van der Waals surface area contributed by atoms with Crippen molar-refractivity contribution in [2.75, 3.05) is 0 Å². The molecule has 0 aliphatic carbocycles. The van der Waals surface area contributed by atoms with Gasteiger partial charge in [-0.3, -0.25) is 0 Å². The van der Waals surface area contributed by atoms with E-state index in [9.17, 15) is 0 Å². The second-order valence-corrected chi connectivity index (χ2v) is 9.50. The maximum absolute atomic E-state index is 5.60. The van der Waals surface area contributed by atoms with Crippen LogP contribution < -0.4 is 0 Å².